The van der Waals surface area contributed by atoms with Crippen LogP contribution in [0.4, 0.5) is 14.5 Å². The molecule has 0 aliphatic rings. The lowest BCUT2D eigenvalue weighted by atomic mass is 10.1. The van der Waals surface area contributed by atoms with Crippen molar-refractivity contribution in [2.45, 2.75) is 19.1 Å². The molecule has 0 spiro atoms. The molecule has 0 fully saturated rings. The van der Waals surface area contributed by atoms with Gasteiger partial charge in [-0.15, -0.1) is 0 Å². The average Bonchev–Trinajstić information content (AvgIpc) is 2.21. The lowest BCUT2D eigenvalue weighted by Gasteiger charge is -2.15. The molecule has 17 heavy (non-hydrogen) atoms. The first kappa shape index (κ1) is 14.4. The van der Waals surface area contributed by atoms with Crippen LogP contribution in [-0.4, -0.2) is 11.2 Å². The molecule has 1 amide bonds. The molecular weight excluding hydrogens is 312 g/mol. The van der Waals surface area contributed by atoms with E-state index in [4.69, 9.17) is 0 Å². The number of carbonyl (C=O) groups is 1. The number of rotatable bonds is 3. The molecule has 1 rings (SSSR count). The molecule has 1 unspecified atom stereocenters. The van der Waals surface area contributed by atoms with Gasteiger partial charge in [0.25, 0.3) is 0 Å². The molecule has 0 radical (unpaired) electrons. The third-order valence-electron chi connectivity index (χ3n) is 2.16. The summed E-state index contributed by atoms with van der Waals surface area (Å²) in [5.74, 6) is -2.20. The van der Waals surface area contributed by atoms with Gasteiger partial charge in [-0.1, -0.05) is 29.8 Å². The van der Waals surface area contributed by atoms with E-state index >= 15 is 0 Å². The van der Waals surface area contributed by atoms with E-state index in [1.54, 1.807) is 13.8 Å². The molecule has 0 heterocycles. The second kappa shape index (κ2) is 5.82. The van der Waals surface area contributed by atoms with E-state index in [9.17, 15) is 13.6 Å². The summed E-state index contributed by atoms with van der Waals surface area (Å²) in [5, 5.41) is 1.59. The van der Waals surface area contributed by atoms with Crippen LogP contribution < -0.4 is 5.32 Å². The van der Waals surface area contributed by atoms with E-state index in [0.717, 1.165) is 12.1 Å². The van der Waals surface area contributed by atoms with Gasteiger partial charge in [0.2, 0.25) is 5.91 Å². The van der Waals surface area contributed by atoms with Gasteiger partial charge in [-0.25, -0.2) is 8.78 Å². The maximum Gasteiger partial charge on any atom is 0.237 e. The fourth-order valence-corrected chi connectivity index (χ4v) is 1.63. The highest BCUT2D eigenvalue weighted by molar-refractivity contribution is 9.10. The Morgan fingerprint density at radius 1 is 1.35 bits per heavy atom. The van der Waals surface area contributed by atoms with Crippen LogP contribution in [0.15, 0.2) is 16.6 Å². The van der Waals surface area contributed by atoms with E-state index in [1.807, 2.05) is 0 Å². The molecular formula is C11H12BrF2NOS. The maximum absolute atomic E-state index is 13.4. The molecule has 0 saturated heterocycles. The minimum atomic E-state index is -0.825. The summed E-state index contributed by atoms with van der Waals surface area (Å²) in [5.41, 5.74) is -0.446. The van der Waals surface area contributed by atoms with Crippen LogP contribution in [0.3, 0.4) is 0 Å². The third kappa shape index (κ3) is 3.67. The summed E-state index contributed by atoms with van der Waals surface area (Å²) in [6.07, 6.45) is 0. The number of nitrogens with one attached hydrogen (secondary N) is 1. The first-order valence-electron chi connectivity index (χ1n) is 4.96. The van der Waals surface area contributed by atoms with E-state index < -0.39 is 28.5 Å². The normalized spacial score (nSPS) is 12.6. The van der Waals surface area contributed by atoms with Crippen LogP contribution in [-0.2, 0) is 4.79 Å². The highest BCUT2D eigenvalue weighted by Crippen LogP contribution is 2.24. The Labute approximate surface area is 112 Å². The Morgan fingerprint density at radius 3 is 2.24 bits per heavy atom. The maximum atomic E-state index is 13.4. The summed E-state index contributed by atoms with van der Waals surface area (Å²) in [6.45, 7) is 3.59. The lowest BCUT2D eigenvalue weighted by molar-refractivity contribution is -0.116. The second-order valence-corrected chi connectivity index (χ2v) is 5.39. The largest absolute Gasteiger partial charge is 0.320 e. The Hall–Kier alpha value is -0.620. The topological polar surface area (TPSA) is 29.1 Å². The third-order valence-corrected chi connectivity index (χ3v) is 3.44. The zero-order chi connectivity index (χ0) is 13.2. The summed E-state index contributed by atoms with van der Waals surface area (Å²) in [4.78, 5) is 11.6. The monoisotopic (exact) mass is 323 g/mol. The minimum absolute atomic E-state index is 0.0279. The Balaban J connectivity index is 2.93. The Bertz CT molecular complexity index is 416. The number of thiol groups is 1. The van der Waals surface area contributed by atoms with E-state index in [2.05, 4.69) is 33.9 Å². The number of anilines is 1. The van der Waals surface area contributed by atoms with Gasteiger partial charge in [0.1, 0.15) is 5.69 Å². The van der Waals surface area contributed by atoms with Crippen molar-refractivity contribution in [2.24, 2.45) is 5.92 Å². The molecule has 0 bridgehead atoms. The quantitative estimate of drug-likeness (QED) is 0.817. The van der Waals surface area contributed by atoms with Gasteiger partial charge in [-0.05, 0) is 18.1 Å². The van der Waals surface area contributed by atoms with Crippen molar-refractivity contribution in [3.63, 3.8) is 0 Å². The molecule has 0 aliphatic heterocycles. The van der Waals surface area contributed by atoms with Crippen LogP contribution in [0.5, 0.6) is 0 Å². The molecule has 0 aromatic heterocycles. The number of benzene rings is 1. The molecule has 1 aromatic carbocycles. The van der Waals surface area contributed by atoms with Gasteiger partial charge in [-0.2, -0.15) is 12.6 Å². The summed E-state index contributed by atoms with van der Waals surface area (Å²) >= 11 is 7.03. The molecule has 94 valence electrons. The molecule has 0 saturated carbocycles. The van der Waals surface area contributed by atoms with Crippen molar-refractivity contribution < 1.29 is 13.6 Å². The molecule has 1 N–H and O–H groups in total. The van der Waals surface area contributed by atoms with Crippen molar-refractivity contribution in [2.75, 3.05) is 5.32 Å². The van der Waals surface area contributed by atoms with Crippen molar-refractivity contribution >= 4 is 40.2 Å². The molecule has 2 nitrogen and oxygen atoms in total. The fourth-order valence-electron chi connectivity index (χ4n) is 1.16. The fraction of sp³-hybridized carbons (Fsp3) is 0.364. The van der Waals surface area contributed by atoms with Crippen LogP contribution in [0.25, 0.3) is 0 Å². The first-order valence-corrected chi connectivity index (χ1v) is 6.27. The standard InChI is InChI=1S/C11H12BrF2NOS/c1-5(2)10(17)11(16)15-9-7(13)3-6(12)4-8(9)14/h3-5,10,17H,1-2H3,(H,15,16). The second-order valence-electron chi connectivity index (χ2n) is 3.92. The molecule has 0 aliphatic carbocycles. The number of carbonyl (C=O) groups excluding carboxylic acids is 1. The highest BCUT2D eigenvalue weighted by Gasteiger charge is 2.20. The van der Waals surface area contributed by atoms with Crippen LogP contribution in [0, 0.1) is 17.6 Å². The number of amides is 1. The van der Waals surface area contributed by atoms with Gasteiger partial charge in [0, 0.05) is 4.47 Å². The molecule has 1 atom stereocenters. The van der Waals surface area contributed by atoms with Crippen molar-refractivity contribution in [1.29, 1.82) is 0 Å². The van der Waals surface area contributed by atoms with Crippen LogP contribution in [0.2, 0.25) is 0 Å². The smallest absolute Gasteiger partial charge is 0.237 e. The van der Waals surface area contributed by atoms with Gasteiger partial charge in [0.15, 0.2) is 11.6 Å². The van der Waals surface area contributed by atoms with Gasteiger partial charge in [0.05, 0.1) is 5.25 Å². The van der Waals surface area contributed by atoms with Crippen molar-refractivity contribution in [3.05, 3.63) is 28.2 Å². The van der Waals surface area contributed by atoms with Gasteiger partial charge in [-0.3, -0.25) is 4.79 Å². The predicted octanol–water partition coefficient (Wildman–Crippen LogP) is 3.62. The van der Waals surface area contributed by atoms with E-state index in [1.165, 1.54) is 0 Å². The highest BCUT2D eigenvalue weighted by atomic mass is 79.9. The first-order chi connectivity index (χ1) is 7.82. The number of hydrogen-bond donors (Lipinski definition) is 2. The van der Waals surface area contributed by atoms with Crippen LogP contribution >= 0.6 is 28.6 Å². The minimum Gasteiger partial charge on any atom is -0.320 e. The number of hydrogen-bond acceptors (Lipinski definition) is 2. The van der Waals surface area contributed by atoms with Gasteiger partial charge >= 0.3 is 0 Å². The molecule has 6 heteroatoms. The van der Waals surface area contributed by atoms with Crippen molar-refractivity contribution in [3.8, 4) is 0 Å². The summed E-state index contributed by atoms with van der Waals surface area (Å²) < 4.78 is 27.1. The number of halogens is 3. The van der Waals surface area contributed by atoms with Gasteiger partial charge < -0.3 is 5.32 Å². The summed E-state index contributed by atoms with van der Waals surface area (Å²) in [7, 11) is 0. The lowest BCUT2D eigenvalue weighted by Crippen LogP contribution is -2.28. The average molecular weight is 324 g/mol. The molecule has 1 aromatic rings. The Morgan fingerprint density at radius 2 is 1.82 bits per heavy atom. The van der Waals surface area contributed by atoms with Crippen LogP contribution in [0.1, 0.15) is 13.8 Å². The van der Waals surface area contributed by atoms with E-state index in [0.29, 0.717) is 0 Å². The SMILES string of the molecule is CC(C)C(S)C(=O)Nc1c(F)cc(Br)cc1F. The Kier molecular flexibility index (Phi) is 4.94. The van der Waals surface area contributed by atoms with E-state index in [-0.39, 0.29) is 10.4 Å². The van der Waals surface area contributed by atoms with Crippen molar-refractivity contribution in [1.82, 2.24) is 0 Å². The zero-order valence-electron chi connectivity index (χ0n) is 9.30. The summed E-state index contributed by atoms with van der Waals surface area (Å²) in [6, 6.07) is 2.17. The zero-order valence-corrected chi connectivity index (χ0v) is 11.8. The predicted molar refractivity (Wildman–Crippen MR) is 70.3 cm³/mol.